The van der Waals surface area contributed by atoms with Gasteiger partial charge in [0.2, 0.25) is 10.0 Å². The number of nitrogens with zero attached hydrogens (tertiary/aromatic N) is 1. The molecule has 1 fully saturated rings. The molecule has 0 atom stereocenters. The average molecular weight is 464 g/mol. The summed E-state index contributed by atoms with van der Waals surface area (Å²) in [6.45, 7) is 1.44. The summed E-state index contributed by atoms with van der Waals surface area (Å²) < 4.78 is 37.5. The molecular weight excluding hydrogens is 442 g/mol. The van der Waals surface area contributed by atoms with E-state index in [1.807, 2.05) is 18.2 Å². The Morgan fingerprint density at radius 1 is 0.879 bits per heavy atom. The van der Waals surface area contributed by atoms with Crippen LogP contribution >= 0.6 is 0 Å². The number of morpholine rings is 1. The standard InChI is InChI=1S/C25H21NO6S/c27-24-21-4-2-1-3-20(21)23-15-18(7-10-22(23)24)25(28)32-16-17-5-8-19(9-6-17)33(29,30)26-11-13-31-14-12-26/h1-10,15H,11-14,16H2. The zero-order valence-corrected chi connectivity index (χ0v) is 18.5. The Morgan fingerprint density at radius 2 is 1.55 bits per heavy atom. The van der Waals surface area contributed by atoms with Crippen LogP contribution in [0.4, 0.5) is 0 Å². The van der Waals surface area contributed by atoms with E-state index in [1.165, 1.54) is 16.4 Å². The maximum atomic E-state index is 12.7. The van der Waals surface area contributed by atoms with Crippen LogP contribution in [0.3, 0.4) is 0 Å². The highest BCUT2D eigenvalue weighted by molar-refractivity contribution is 7.89. The summed E-state index contributed by atoms with van der Waals surface area (Å²) in [6, 6.07) is 18.5. The number of carbonyl (C=O) groups excluding carboxylic acids is 2. The molecule has 0 spiro atoms. The molecule has 0 radical (unpaired) electrons. The van der Waals surface area contributed by atoms with Crippen LogP contribution in [0, 0.1) is 0 Å². The summed E-state index contributed by atoms with van der Waals surface area (Å²) in [6.07, 6.45) is 0. The van der Waals surface area contributed by atoms with Crippen LogP contribution in [0.5, 0.6) is 0 Å². The minimum atomic E-state index is -3.57. The molecule has 1 aliphatic carbocycles. The number of carbonyl (C=O) groups is 2. The predicted octanol–water partition coefficient (Wildman–Crippen LogP) is 3.28. The Balaban J connectivity index is 1.27. The first kappa shape index (κ1) is 21.5. The van der Waals surface area contributed by atoms with E-state index in [2.05, 4.69) is 0 Å². The van der Waals surface area contributed by atoms with Crippen LogP contribution in [0.15, 0.2) is 71.6 Å². The Morgan fingerprint density at radius 3 is 2.27 bits per heavy atom. The van der Waals surface area contributed by atoms with Gasteiger partial charge in [0.1, 0.15) is 6.61 Å². The number of sulfonamides is 1. The minimum Gasteiger partial charge on any atom is -0.457 e. The van der Waals surface area contributed by atoms with Crippen LogP contribution < -0.4 is 0 Å². The van der Waals surface area contributed by atoms with Gasteiger partial charge < -0.3 is 9.47 Å². The maximum Gasteiger partial charge on any atom is 0.338 e. The smallest absolute Gasteiger partial charge is 0.338 e. The fraction of sp³-hybridized carbons (Fsp3) is 0.200. The van der Waals surface area contributed by atoms with Gasteiger partial charge in [-0.2, -0.15) is 4.31 Å². The number of ketones is 1. The molecule has 0 amide bonds. The number of hydrogen-bond donors (Lipinski definition) is 0. The molecule has 0 N–H and O–H groups in total. The van der Waals surface area contributed by atoms with E-state index in [0.29, 0.717) is 48.6 Å². The first-order valence-corrected chi connectivity index (χ1v) is 12.0. The maximum absolute atomic E-state index is 12.7. The van der Waals surface area contributed by atoms with Crippen LogP contribution in [0.1, 0.15) is 31.8 Å². The fourth-order valence-corrected chi connectivity index (χ4v) is 5.49. The molecule has 3 aromatic carbocycles. The van der Waals surface area contributed by atoms with Crippen molar-refractivity contribution in [3.8, 4) is 11.1 Å². The molecule has 0 aromatic heterocycles. The molecule has 168 valence electrons. The molecule has 8 heteroatoms. The molecule has 3 aromatic rings. The molecule has 0 unspecified atom stereocenters. The highest BCUT2D eigenvalue weighted by atomic mass is 32.2. The lowest BCUT2D eigenvalue weighted by atomic mass is 10.0. The van der Waals surface area contributed by atoms with Crippen molar-refractivity contribution in [1.29, 1.82) is 0 Å². The van der Waals surface area contributed by atoms with E-state index in [1.54, 1.807) is 36.4 Å². The van der Waals surface area contributed by atoms with Gasteiger partial charge in [0, 0.05) is 24.2 Å². The molecule has 0 saturated carbocycles. The van der Waals surface area contributed by atoms with Gasteiger partial charge >= 0.3 is 5.97 Å². The minimum absolute atomic E-state index is 0.00329. The molecule has 33 heavy (non-hydrogen) atoms. The largest absolute Gasteiger partial charge is 0.457 e. The summed E-state index contributed by atoms with van der Waals surface area (Å²) in [7, 11) is -3.57. The number of ether oxygens (including phenoxy) is 2. The van der Waals surface area contributed by atoms with Gasteiger partial charge in [-0.15, -0.1) is 0 Å². The quantitative estimate of drug-likeness (QED) is 0.422. The van der Waals surface area contributed by atoms with Gasteiger partial charge in [-0.1, -0.05) is 36.4 Å². The van der Waals surface area contributed by atoms with E-state index < -0.39 is 16.0 Å². The van der Waals surface area contributed by atoms with Crippen molar-refractivity contribution < 1.29 is 27.5 Å². The van der Waals surface area contributed by atoms with Crippen molar-refractivity contribution in [2.24, 2.45) is 0 Å². The van der Waals surface area contributed by atoms with E-state index >= 15 is 0 Å². The first-order valence-electron chi connectivity index (χ1n) is 10.6. The zero-order valence-electron chi connectivity index (χ0n) is 17.7. The first-order chi connectivity index (χ1) is 15.9. The lowest BCUT2D eigenvalue weighted by molar-refractivity contribution is 0.0472. The van der Waals surface area contributed by atoms with Crippen molar-refractivity contribution >= 4 is 21.8 Å². The monoisotopic (exact) mass is 463 g/mol. The van der Waals surface area contributed by atoms with Gasteiger partial charge in [-0.25, -0.2) is 13.2 Å². The normalized spacial score (nSPS) is 15.7. The third kappa shape index (κ3) is 3.97. The van der Waals surface area contributed by atoms with Crippen LogP contribution in [0.2, 0.25) is 0 Å². The number of rotatable bonds is 5. The Hall–Kier alpha value is -3.33. The summed E-state index contributed by atoms with van der Waals surface area (Å²) in [4.78, 5) is 25.3. The van der Waals surface area contributed by atoms with E-state index in [-0.39, 0.29) is 17.3 Å². The predicted molar refractivity (Wildman–Crippen MR) is 120 cm³/mol. The second-order valence-corrected chi connectivity index (χ2v) is 9.81. The Bertz CT molecular complexity index is 1340. The van der Waals surface area contributed by atoms with Crippen LogP contribution in [-0.4, -0.2) is 50.8 Å². The third-order valence-electron chi connectivity index (χ3n) is 5.86. The number of fused-ring (bicyclic) bond motifs is 3. The third-order valence-corrected chi connectivity index (χ3v) is 7.78. The summed E-state index contributed by atoms with van der Waals surface area (Å²) >= 11 is 0. The van der Waals surface area contributed by atoms with Crippen LogP contribution in [-0.2, 0) is 26.1 Å². The van der Waals surface area contributed by atoms with Gasteiger partial charge in [-0.05, 0) is 47.0 Å². The van der Waals surface area contributed by atoms with Crippen molar-refractivity contribution in [3.63, 3.8) is 0 Å². The number of benzene rings is 3. The van der Waals surface area contributed by atoms with Gasteiger partial charge in [0.05, 0.1) is 23.7 Å². The highest BCUT2D eigenvalue weighted by Gasteiger charge is 2.28. The van der Waals surface area contributed by atoms with Gasteiger partial charge in [0.25, 0.3) is 0 Å². The molecule has 1 heterocycles. The SMILES string of the molecule is O=C(OCc1ccc(S(=O)(=O)N2CCOCC2)cc1)c1ccc2c(c1)-c1ccccc1C2=O. The second-order valence-electron chi connectivity index (χ2n) is 7.87. The summed E-state index contributed by atoms with van der Waals surface area (Å²) in [5, 5.41) is 0. The average Bonchev–Trinajstić information content (AvgIpc) is 3.15. The zero-order chi connectivity index (χ0) is 23.0. The lowest BCUT2D eigenvalue weighted by Crippen LogP contribution is -2.40. The molecular formula is C25H21NO6S. The fourth-order valence-electron chi connectivity index (χ4n) is 4.08. The van der Waals surface area contributed by atoms with Crippen molar-refractivity contribution in [2.75, 3.05) is 26.3 Å². The van der Waals surface area contributed by atoms with Gasteiger partial charge in [-0.3, -0.25) is 4.79 Å². The second kappa shape index (κ2) is 8.55. The number of esters is 1. The van der Waals surface area contributed by atoms with E-state index in [4.69, 9.17) is 9.47 Å². The topological polar surface area (TPSA) is 90.0 Å². The van der Waals surface area contributed by atoms with Crippen molar-refractivity contribution in [2.45, 2.75) is 11.5 Å². The molecule has 0 bridgehead atoms. The van der Waals surface area contributed by atoms with E-state index in [9.17, 15) is 18.0 Å². The Kier molecular flexibility index (Phi) is 5.57. The number of hydrogen-bond acceptors (Lipinski definition) is 6. The molecule has 7 nitrogen and oxygen atoms in total. The molecule has 1 saturated heterocycles. The summed E-state index contributed by atoms with van der Waals surface area (Å²) in [5.74, 6) is -0.563. The van der Waals surface area contributed by atoms with Gasteiger partial charge in [0.15, 0.2) is 5.78 Å². The van der Waals surface area contributed by atoms with Crippen molar-refractivity contribution in [3.05, 3.63) is 89.0 Å². The van der Waals surface area contributed by atoms with E-state index in [0.717, 1.165) is 11.1 Å². The lowest BCUT2D eigenvalue weighted by Gasteiger charge is -2.26. The van der Waals surface area contributed by atoms with Crippen LogP contribution in [0.25, 0.3) is 11.1 Å². The Labute approximate surface area is 191 Å². The molecule has 5 rings (SSSR count). The summed E-state index contributed by atoms with van der Waals surface area (Å²) in [5.41, 5.74) is 3.76. The highest BCUT2D eigenvalue weighted by Crippen LogP contribution is 2.37. The molecule has 2 aliphatic rings. The molecule has 1 aliphatic heterocycles. The van der Waals surface area contributed by atoms with Crippen molar-refractivity contribution in [1.82, 2.24) is 4.31 Å².